The molecule has 1 atom stereocenters. The SMILES string of the molecule is CCN(CCNC(C)c1ccccc1Cl)C(=O)OC(C)(C)C. The van der Waals surface area contributed by atoms with Gasteiger partial charge in [-0.2, -0.15) is 0 Å². The third kappa shape index (κ3) is 6.24. The molecule has 0 heterocycles. The van der Waals surface area contributed by atoms with Gasteiger partial charge >= 0.3 is 6.09 Å². The minimum absolute atomic E-state index is 0.131. The monoisotopic (exact) mass is 326 g/mol. The number of halogens is 1. The summed E-state index contributed by atoms with van der Waals surface area (Å²) in [5.74, 6) is 0. The highest BCUT2D eigenvalue weighted by molar-refractivity contribution is 6.31. The molecule has 0 aromatic heterocycles. The van der Waals surface area contributed by atoms with Crippen LogP contribution in [0.25, 0.3) is 0 Å². The van der Waals surface area contributed by atoms with Gasteiger partial charge in [-0.05, 0) is 46.2 Å². The van der Waals surface area contributed by atoms with E-state index in [2.05, 4.69) is 12.2 Å². The number of carbonyl (C=O) groups excluding carboxylic acids is 1. The summed E-state index contributed by atoms with van der Waals surface area (Å²) in [7, 11) is 0. The minimum atomic E-state index is -0.469. The standard InChI is InChI=1S/C17H27ClN2O2/c1-6-20(16(21)22-17(3,4)5)12-11-19-13(2)14-9-7-8-10-15(14)18/h7-10,13,19H,6,11-12H2,1-5H3. The number of carbonyl (C=O) groups is 1. The lowest BCUT2D eigenvalue weighted by molar-refractivity contribution is 0.0261. The maximum absolute atomic E-state index is 12.0. The number of nitrogens with one attached hydrogen (secondary N) is 1. The van der Waals surface area contributed by atoms with Crippen LogP contribution in [0.4, 0.5) is 4.79 Å². The topological polar surface area (TPSA) is 41.6 Å². The quantitative estimate of drug-likeness (QED) is 0.849. The van der Waals surface area contributed by atoms with Crippen molar-refractivity contribution in [2.45, 2.75) is 46.3 Å². The number of nitrogens with zero attached hydrogens (tertiary/aromatic N) is 1. The van der Waals surface area contributed by atoms with Gasteiger partial charge in [-0.15, -0.1) is 0 Å². The van der Waals surface area contributed by atoms with Gasteiger partial charge in [0, 0.05) is 30.7 Å². The molecule has 0 saturated heterocycles. The second-order valence-electron chi connectivity index (χ2n) is 6.26. The van der Waals surface area contributed by atoms with Crippen molar-refractivity contribution in [3.8, 4) is 0 Å². The number of amides is 1. The molecule has 1 aromatic carbocycles. The molecule has 0 radical (unpaired) electrons. The van der Waals surface area contributed by atoms with Crippen LogP contribution in [0.5, 0.6) is 0 Å². The lowest BCUT2D eigenvalue weighted by Gasteiger charge is -2.27. The molecule has 1 unspecified atom stereocenters. The van der Waals surface area contributed by atoms with E-state index < -0.39 is 5.60 Å². The van der Waals surface area contributed by atoms with Gasteiger partial charge in [0.25, 0.3) is 0 Å². The van der Waals surface area contributed by atoms with Crippen LogP contribution >= 0.6 is 11.6 Å². The third-order valence-electron chi connectivity index (χ3n) is 3.24. The molecular formula is C17H27ClN2O2. The third-order valence-corrected chi connectivity index (χ3v) is 3.58. The molecule has 1 rings (SSSR count). The summed E-state index contributed by atoms with van der Waals surface area (Å²) in [4.78, 5) is 13.7. The molecule has 0 aliphatic rings. The van der Waals surface area contributed by atoms with Crippen molar-refractivity contribution >= 4 is 17.7 Å². The van der Waals surface area contributed by atoms with E-state index in [9.17, 15) is 4.79 Å². The molecule has 0 bridgehead atoms. The average Bonchev–Trinajstić information content (AvgIpc) is 2.41. The van der Waals surface area contributed by atoms with Gasteiger partial charge < -0.3 is 15.0 Å². The zero-order valence-corrected chi connectivity index (χ0v) is 14.9. The molecule has 1 aromatic rings. The second-order valence-corrected chi connectivity index (χ2v) is 6.66. The Morgan fingerprint density at radius 3 is 2.55 bits per heavy atom. The van der Waals surface area contributed by atoms with E-state index in [1.807, 2.05) is 52.0 Å². The van der Waals surface area contributed by atoms with Crippen LogP contribution in [-0.4, -0.2) is 36.2 Å². The highest BCUT2D eigenvalue weighted by Gasteiger charge is 2.20. The van der Waals surface area contributed by atoms with Crippen LogP contribution in [0.15, 0.2) is 24.3 Å². The summed E-state index contributed by atoms with van der Waals surface area (Å²) in [6.07, 6.45) is -0.276. The Bertz CT molecular complexity index is 486. The molecule has 4 nitrogen and oxygen atoms in total. The highest BCUT2D eigenvalue weighted by atomic mass is 35.5. The lowest BCUT2D eigenvalue weighted by atomic mass is 10.1. The first kappa shape index (κ1) is 18.8. The fourth-order valence-electron chi connectivity index (χ4n) is 2.06. The van der Waals surface area contributed by atoms with Gasteiger partial charge in [-0.3, -0.25) is 0 Å². The summed E-state index contributed by atoms with van der Waals surface area (Å²) in [6, 6.07) is 7.91. The minimum Gasteiger partial charge on any atom is -0.444 e. The molecule has 124 valence electrons. The molecule has 1 amide bonds. The van der Waals surface area contributed by atoms with Crippen molar-refractivity contribution in [1.29, 1.82) is 0 Å². The Morgan fingerprint density at radius 2 is 2.00 bits per heavy atom. The van der Waals surface area contributed by atoms with Gasteiger partial charge in [-0.1, -0.05) is 29.8 Å². The smallest absolute Gasteiger partial charge is 0.410 e. The van der Waals surface area contributed by atoms with Crippen LogP contribution in [0.3, 0.4) is 0 Å². The summed E-state index contributed by atoms with van der Waals surface area (Å²) in [5, 5.41) is 4.14. The Hall–Kier alpha value is -1.26. The molecule has 22 heavy (non-hydrogen) atoms. The first-order valence-electron chi connectivity index (χ1n) is 7.70. The van der Waals surface area contributed by atoms with E-state index in [4.69, 9.17) is 16.3 Å². The molecular weight excluding hydrogens is 300 g/mol. The van der Waals surface area contributed by atoms with Crippen LogP contribution < -0.4 is 5.32 Å². The van der Waals surface area contributed by atoms with Crippen LogP contribution in [0.2, 0.25) is 5.02 Å². The largest absolute Gasteiger partial charge is 0.444 e. The maximum Gasteiger partial charge on any atom is 0.410 e. The number of ether oxygens (including phenoxy) is 1. The number of rotatable bonds is 6. The average molecular weight is 327 g/mol. The second kappa shape index (κ2) is 8.39. The maximum atomic E-state index is 12.0. The van der Waals surface area contributed by atoms with Gasteiger partial charge in [0.2, 0.25) is 0 Å². The van der Waals surface area contributed by atoms with E-state index >= 15 is 0 Å². The van der Waals surface area contributed by atoms with E-state index in [1.54, 1.807) is 4.90 Å². The van der Waals surface area contributed by atoms with E-state index in [-0.39, 0.29) is 12.1 Å². The fourth-order valence-corrected chi connectivity index (χ4v) is 2.36. The van der Waals surface area contributed by atoms with E-state index in [0.29, 0.717) is 19.6 Å². The van der Waals surface area contributed by atoms with Gasteiger partial charge in [0.15, 0.2) is 0 Å². The Kier molecular flexibility index (Phi) is 7.17. The van der Waals surface area contributed by atoms with Crippen LogP contribution in [-0.2, 0) is 4.74 Å². The van der Waals surface area contributed by atoms with Crippen LogP contribution in [0, 0.1) is 0 Å². The predicted molar refractivity (Wildman–Crippen MR) is 91.4 cm³/mol. The van der Waals surface area contributed by atoms with Crippen molar-refractivity contribution in [3.05, 3.63) is 34.9 Å². The lowest BCUT2D eigenvalue weighted by Crippen LogP contribution is -2.40. The molecule has 0 fully saturated rings. The first-order chi connectivity index (χ1) is 10.2. The zero-order chi connectivity index (χ0) is 16.8. The summed E-state index contributed by atoms with van der Waals surface area (Å²) < 4.78 is 5.39. The highest BCUT2D eigenvalue weighted by Crippen LogP contribution is 2.21. The van der Waals surface area contributed by atoms with E-state index in [1.165, 1.54) is 0 Å². The van der Waals surface area contributed by atoms with Gasteiger partial charge in [0.1, 0.15) is 5.60 Å². The van der Waals surface area contributed by atoms with E-state index in [0.717, 1.165) is 10.6 Å². The Morgan fingerprint density at radius 1 is 1.36 bits per heavy atom. The number of hydrogen-bond donors (Lipinski definition) is 1. The molecule has 0 saturated carbocycles. The van der Waals surface area contributed by atoms with Crippen molar-refractivity contribution in [2.24, 2.45) is 0 Å². The molecule has 1 N–H and O–H groups in total. The summed E-state index contributed by atoms with van der Waals surface area (Å²) in [5.41, 5.74) is 0.590. The van der Waals surface area contributed by atoms with Crippen molar-refractivity contribution < 1.29 is 9.53 Å². The molecule has 5 heteroatoms. The molecule has 0 spiro atoms. The van der Waals surface area contributed by atoms with Gasteiger partial charge in [-0.25, -0.2) is 4.79 Å². The first-order valence-corrected chi connectivity index (χ1v) is 8.08. The normalized spacial score (nSPS) is 12.8. The molecule has 0 aliphatic carbocycles. The summed E-state index contributed by atoms with van der Waals surface area (Å²) >= 11 is 6.19. The summed E-state index contributed by atoms with van der Waals surface area (Å²) in [6.45, 7) is 11.5. The van der Waals surface area contributed by atoms with Crippen LogP contribution in [0.1, 0.15) is 46.2 Å². The number of likely N-dealkylation sites (N-methyl/N-ethyl adjacent to an activating group) is 1. The van der Waals surface area contributed by atoms with Crippen molar-refractivity contribution in [3.63, 3.8) is 0 Å². The number of benzene rings is 1. The predicted octanol–water partition coefficient (Wildman–Crippen LogP) is 4.25. The Labute approximate surface area is 138 Å². The van der Waals surface area contributed by atoms with Gasteiger partial charge in [0.05, 0.1) is 0 Å². The Balaban J connectivity index is 2.47. The molecule has 0 aliphatic heterocycles. The van der Waals surface area contributed by atoms with Crippen molar-refractivity contribution in [2.75, 3.05) is 19.6 Å². The number of hydrogen-bond acceptors (Lipinski definition) is 3. The fraction of sp³-hybridized carbons (Fsp3) is 0.588. The zero-order valence-electron chi connectivity index (χ0n) is 14.1. The van der Waals surface area contributed by atoms with Crippen molar-refractivity contribution in [1.82, 2.24) is 10.2 Å².